The molecule has 0 bridgehead atoms. The third kappa shape index (κ3) is 6.95. The van der Waals surface area contributed by atoms with Crippen LogP contribution in [0.4, 0.5) is 26.3 Å². The van der Waals surface area contributed by atoms with Gasteiger partial charge in [-0.05, 0) is 0 Å². The summed E-state index contributed by atoms with van der Waals surface area (Å²) in [6.07, 6.45) is -9.97. The van der Waals surface area contributed by atoms with Crippen LogP contribution in [0, 0.1) is 0 Å². The molecule has 0 aliphatic carbocycles. The Morgan fingerprint density at radius 1 is 0.857 bits per heavy atom. The Balaban J connectivity index is 4.48. The molecule has 0 radical (unpaired) electrons. The van der Waals surface area contributed by atoms with Gasteiger partial charge in [-0.3, -0.25) is 0 Å². The van der Waals surface area contributed by atoms with Crippen molar-refractivity contribution in [2.45, 2.75) is 12.4 Å². The number of hydrogen-bond acceptors (Lipinski definition) is 2. The summed E-state index contributed by atoms with van der Waals surface area (Å²) >= 11 is 0. The summed E-state index contributed by atoms with van der Waals surface area (Å²) in [5.74, 6) is 0. The van der Waals surface area contributed by atoms with Crippen LogP contribution >= 0.6 is 0 Å². The Kier molecular flexibility index (Phi) is 4.18. The number of halogens is 6. The minimum absolute atomic E-state index is 0.713. The molecular weight excluding hydrogens is 240 g/mol. The fourth-order valence-corrected chi connectivity index (χ4v) is 1.14. The summed E-state index contributed by atoms with van der Waals surface area (Å²) in [6, 6.07) is 0. The van der Waals surface area contributed by atoms with E-state index in [2.05, 4.69) is 0 Å². The maximum atomic E-state index is 11.6. The summed E-state index contributed by atoms with van der Waals surface area (Å²) in [5.41, 5.74) is 0. The van der Waals surface area contributed by atoms with E-state index in [1.807, 2.05) is 0 Å². The van der Waals surface area contributed by atoms with E-state index >= 15 is 0 Å². The Bertz CT molecular complexity index is 232. The van der Waals surface area contributed by atoms with Gasteiger partial charge >= 0.3 is 12.4 Å². The van der Waals surface area contributed by atoms with Gasteiger partial charge in [0.2, 0.25) is 10.9 Å². The fourth-order valence-electron chi connectivity index (χ4n) is 0.585. The molecule has 0 unspecified atom stereocenters. The molecule has 0 heterocycles. The van der Waals surface area contributed by atoms with Crippen molar-refractivity contribution < 1.29 is 34.8 Å². The molecule has 0 aromatic heterocycles. The van der Waals surface area contributed by atoms with Crippen molar-refractivity contribution in [3.05, 3.63) is 0 Å². The van der Waals surface area contributed by atoms with Crippen LogP contribution in [0.2, 0.25) is 0 Å². The quantitative estimate of drug-likeness (QED) is 0.593. The first kappa shape index (κ1) is 13.5. The van der Waals surface area contributed by atoms with Crippen LogP contribution in [0.15, 0.2) is 0 Å². The van der Waals surface area contributed by atoms with Gasteiger partial charge in [-0.25, -0.2) is 8.42 Å². The topological polar surface area (TPSA) is 37.4 Å². The predicted octanol–water partition coefficient (Wildman–Crippen LogP) is 0.939. The van der Waals surface area contributed by atoms with E-state index < -0.39 is 40.6 Å². The zero-order chi connectivity index (χ0) is 11.6. The van der Waals surface area contributed by atoms with Gasteiger partial charge in [0.25, 0.3) is 0 Å². The van der Waals surface area contributed by atoms with E-state index in [1.54, 1.807) is 0 Å². The van der Waals surface area contributed by atoms with Gasteiger partial charge in [0, 0.05) is 0 Å². The van der Waals surface area contributed by atoms with E-state index in [9.17, 15) is 34.8 Å². The zero-order valence-electron chi connectivity index (χ0n) is 6.39. The molecule has 0 aliphatic heterocycles. The summed E-state index contributed by atoms with van der Waals surface area (Å²) in [6.45, 7) is -4.27. The maximum absolute atomic E-state index is 11.6. The first-order chi connectivity index (χ1) is 6.01. The second kappa shape index (κ2) is 4.34. The number of hydrogen-bond donors (Lipinski definition) is 1. The average Bonchev–Trinajstić information content (AvgIpc) is 1.78. The fraction of sp³-hybridized carbons (Fsp3) is 1.00. The zero-order valence-corrected chi connectivity index (χ0v) is 7.29. The van der Waals surface area contributed by atoms with Crippen LogP contribution in [-0.4, -0.2) is 38.2 Å². The van der Waals surface area contributed by atoms with Gasteiger partial charge in [0.1, 0.15) is 13.1 Å². The van der Waals surface area contributed by atoms with E-state index in [4.69, 9.17) is 0 Å². The highest BCUT2D eigenvalue weighted by Crippen LogP contribution is 2.21. The van der Waals surface area contributed by atoms with Gasteiger partial charge in [-0.15, -0.1) is 0 Å². The monoisotopic (exact) mass is 245 g/mol. The number of rotatable bonds is 3. The van der Waals surface area contributed by atoms with E-state index in [0.29, 0.717) is 0 Å². The molecule has 0 saturated carbocycles. The first-order valence-corrected chi connectivity index (χ1v) is 4.17. The highest BCUT2D eigenvalue weighted by Gasteiger charge is 2.38. The molecular formula is C4H5F6NO2S. The standard InChI is InChI=1S/C4H5F6NO2S/c5-3(6,7)1-11(14(12)13)2-4(8,9)10/h14H,1-2H2. The van der Waals surface area contributed by atoms with E-state index in [-0.39, 0.29) is 0 Å². The number of thiol groups is 1. The summed E-state index contributed by atoms with van der Waals surface area (Å²) < 4.78 is 88.7. The highest BCUT2D eigenvalue weighted by atomic mass is 32.2. The molecule has 0 spiro atoms. The largest absolute Gasteiger partial charge is 0.402 e. The van der Waals surface area contributed by atoms with Crippen molar-refractivity contribution in [3.8, 4) is 0 Å². The lowest BCUT2D eigenvalue weighted by molar-refractivity contribution is -0.164. The van der Waals surface area contributed by atoms with Crippen LogP contribution < -0.4 is 0 Å². The molecule has 0 atom stereocenters. The van der Waals surface area contributed by atoms with Crippen LogP contribution in [0.3, 0.4) is 0 Å². The van der Waals surface area contributed by atoms with Crippen molar-refractivity contribution in [2.75, 3.05) is 13.1 Å². The molecule has 0 saturated heterocycles. The molecule has 0 N–H and O–H groups in total. The van der Waals surface area contributed by atoms with Crippen molar-refractivity contribution in [3.63, 3.8) is 0 Å². The van der Waals surface area contributed by atoms with Crippen LogP contribution in [0.5, 0.6) is 0 Å². The first-order valence-electron chi connectivity index (χ1n) is 3.04. The molecule has 14 heavy (non-hydrogen) atoms. The van der Waals surface area contributed by atoms with E-state index in [0.717, 1.165) is 0 Å². The Labute approximate surface area is 76.4 Å². The molecule has 0 aliphatic rings. The number of alkyl halides is 6. The average molecular weight is 245 g/mol. The van der Waals surface area contributed by atoms with Crippen molar-refractivity contribution in [2.24, 2.45) is 0 Å². The van der Waals surface area contributed by atoms with Crippen LogP contribution in [0.1, 0.15) is 0 Å². The van der Waals surface area contributed by atoms with Crippen LogP contribution in [-0.2, 0) is 10.9 Å². The van der Waals surface area contributed by atoms with Gasteiger partial charge in [-0.1, -0.05) is 0 Å². The van der Waals surface area contributed by atoms with Crippen molar-refractivity contribution in [1.29, 1.82) is 0 Å². The molecule has 0 aromatic carbocycles. The molecule has 0 fully saturated rings. The molecule has 10 heteroatoms. The molecule has 0 amide bonds. The predicted molar refractivity (Wildman–Crippen MR) is 34.0 cm³/mol. The SMILES string of the molecule is O=[SH](=O)N(CC(F)(F)F)CC(F)(F)F. The summed E-state index contributed by atoms with van der Waals surface area (Å²) in [7, 11) is -3.90. The molecule has 0 rings (SSSR count). The van der Waals surface area contributed by atoms with Gasteiger partial charge in [-0.2, -0.15) is 30.6 Å². The third-order valence-electron chi connectivity index (χ3n) is 0.955. The smallest absolute Gasteiger partial charge is 0.215 e. The van der Waals surface area contributed by atoms with Crippen molar-refractivity contribution >= 4 is 10.9 Å². The Morgan fingerprint density at radius 2 is 1.14 bits per heavy atom. The van der Waals surface area contributed by atoms with Gasteiger partial charge in [0.15, 0.2) is 0 Å². The maximum Gasteiger partial charge on any atom is 0.402 e. The lowest BCUT2D eigenvalue weighted by Crippen LogP contribution is -2.39. The minimum atomic E-state index is -4.99. The second-order valence-corrected chi connectivity index (χ2v) is 3.33. The van der Waals surface area contributed by atoms with Gasteiger partial charge in [0.05, 0.1) is 0 Å². The molecule has 3 nitrogen and oxygen atoms in total. The summed E-state index contributed by atoms with van der Waals surface area (Å²) in [4.78, 5) is 0. The van der Waals surface area contributed by atoms with Crippen LogP contribution in [0.25, 0.3) is 0 Å². The third-order valence-corrected chi connectivity index (χ3v) is 1.70. The Hall–Kier alpha value is -0.510. The minimum Gasteiger partial charge on any atom is -0.215 e. The van der Waals surface area contributed by atoms with Crippen molar-refractivity contribution in [1.82, 2.24) is 4.31 Å². The molecule has 0 aromatic rings. The Morgan fingerprint density at radius 3 is 1.29 bits per heavy atom. The lowest BCUT2D eigenvalue weighted by atomic mass is 10.5. The second-order valence-electron chi connectivity index (χ2n) is 2.29. The normalized spacial score (nSPS) is 14.0. The number of nitrogens with zero attached hydrogens (tertiary/aromatic N) is 1. The van der Waals surface area contributed by atoms with E-state index in [1.165, 1.54) is 0 Å². The molecule has 86 valence electrons. The summed E-state index contributed by atoms with van der Waals surface area (Å²) in [5, 5.41) is 0. The highest BCUT2D eigenvalue weighted by molar-refractivity contribution is 7.69. The lowest BCUT2D eigenvalue weighted by Gasteiger charge is -2.18. The van der Waals surface area contributed by atoms with Gasteiger partial charge < -0.3 is 0 Å².